The van der Waals surface area contributed by atoms with Crippen LogP contribution in [-0.4, -0.2) is 51.7 Å². The van der Waals surface area contributed by atoms with Gasteiger partial charge in [-0.1, -0.05) is 12.8 Å². The molecule has 23 heavy (non-hydrogen) atoms. The Labute approximate surface area is 135 Å². The van der Waals surface area contributed by atoms with E-state index in [0.717, 1.165) is 6.54 Å². The Morgan fingerprint density at radius 2 is 2.00 bits per heavy atom. The van der Waals surface area contributed by atoms with Gasteiger partial charge in [-0.3, -0.25) is 14.9 Å². The molecule has 2 fully saturated rings. The summed E-state index contributed by atoms with van der Waals surface area (Å²) >= 11 is 0. The SMILES string of the molecule is Cc1nn(C)c(N2CCN(CC3CCCC3)C(=O)C2)c1[N+](=O)[O-]. The fraction of sp³-hybridized carbons (Fsp3) is 0.733. The standard InChI is InChI=1S/C15H23N5O3/c1-11-14(20(22)23)15(17(2)16-11)19-8-7-18(13(21)10-19)9-12-5-3-4-6-12/h12H,3-10H2,1-2H3. The van der Waals surface area contributed by atoms with Gasteiger partial charge in [0.05, 0.1) is 11.5 Å². The molecular formula is C15H23N5O3. The summed E-state index contributed by atoms with van der Waals surface area (Å²) in [5, 5.41) is 15.4. The smallest absolute Gasteiger partial charge is 0.333 e. The lowest BCUT2D eigenvalue weighted by Crippen LogP contribution is -2.52. The zero-order valence-electron chi connectivity index (χ0n) is 13.7. The van der Waals surface area contributed by atoms with Gasteiger partial charge in [0.25, 0.3) is 0 Å². The number of aromatic nitrogens is 2. The van der Waals surface area contributed by atoms with E-state index in [9.17, 15) is 14.9 Å². The average molecular weight is 321 g/mol. The highest BCUT2D eigenvalue weighted by atomic mass is 16.6. The van der Waals surface area contributed by atoms with Gasteiger partial charge in [0.2, 0.25) is 11.7 Å². The van der Waals surface area contributed by atoms with Crippen LogP contribution < -0.4 is 4.90 Å². The largest absolute Gasteiger partial charge is 0.340 e. The van der Waals surface area contributed by atoms with Gasteiger partial charge in [0.15, 0.2) is 0 Å². The molecule has 0 radical (unpaired) electrons. The Bertz CT molecular complexity index is 621. The van der Waals surface area contributed by atoms with Crippen LogP contribution in [0.4, 0.5) is 11.5 Å². The second-order valence-electron chi connectivity index (χ2n) is 6.55. The minimum absolute atomic E-state index is 0.00421. The topological polar surface area (TPSA) is 84.5 Å². The average Bonchev–Trinajstić information content (AvgIpc) is 3.08. The normalized spacial score (nSPS) is 19.7. The number of hydrogen-bond donors (Lipinski definition) is 0. The van der Waals surface area contributed by atoms with Crippen molar-refractivity contribution >= 4 is 17.4 Å². The molecule has 1 aliphatic carbocycles. The van der Waals surface area contributed by atoms with Gasteiger partial charge < -0.3 is 9.80 Å². The number of piperazine rings is 1. The molecule has 1 aliphatic heterocycles. The van der Waals surface area contributed by atoms with Crippen molar-refractivity contribution in [2.45, 2.75) is 32.6 Å². The maximum atomic E-state index is 12.4. The van der Waals surface area contributed by atoms with Crippen molar-refractivity contribution in [3.63, 3.8) is 0 Å². The van der Waals surface area contributed by atoms with Crippen LogP contribution in [0.25, 0.3) is 0 Å². The molecule has 1 saturated heterocycles. The third-order valence-corrected chi connectivity index (χ3v) is 4.92. The molecule has 0 bridgehead atoms. The molecule has 0 aromatic carbocycles. The fourth-order valence-electron chi connectivity index (χ4n) is 3.79. The number of rotatable bonds is 4. The first-order valence-corrected chi connectivity index (χ1v) is 8.18. The van der Waals surface area contributed by atoms with Crippen LogP contribution >= 0.6 is 0 Å². The summed E-state index contributed by atoms with van der Waals surface area (Å²) in [7, 11) is 1.69. The quantitative estimate of drug-likeness (QED) is 0.619. The summed E-state index contributed by atoms with van der Waals surface area (Å²) in [6.45, 7) is 3.88. The third kappa shape index (κ3) is 3.02. The maximum Gasteiger partial charge on any atom is 0.333 e. The lowest BCUT2D eigenvalue weighted by Gasteiger charge is -2.36. The number of aryl methyl sites for hydroxylation is 2. The van der Waals surface area contributed by atoms with Gasteiger partial charge in [-0.15, -0.1) is 0 Å². The van der Waals surface area contributed by atoms with Crippen molar-refractivity contribution in [1.82, 2.24) is 14.7 Å². The van der Waals surface area contributed by atoms with Crippen molar-refractivity contribution in [3.8, 4) is 0 Å². The van der Waals surface area contributed by atoms with Crippen molar-refractivity contribution in [1.29, 1.82) is 0 Å². The lowest BCUT2D eigenvalue weighted by molar-refractivity contribution is -0.384. The number of nitrogens with zero attached hydrogens (tertiary/aromatic N) is 5. The molecule has 0 N–H and O–H groups in total. The summed E-state index contributed by atoms with van der Waals surface area (Å²) in [5.41, 5.74) is 0.387. The van der Waals surface area contributed by atoms with E-state index < -0.39 is 4.92 Å². The van der Waals surface area contributed by atoms with Gasteiger partial charge in [-0.05, 0) is 25.7 Å². The molecule has 1 saturated carbocycles. The minimum Gasteiger partial charge on any atom is -0.340 e. The fourth-order valence-corrected chi connectivity index (χ4v) is 3.79. The van der Waals surface area contributed by atoms with E-state index in [1.54, 1.807) is 18.9 Å². The van der Waals surface area contributed by atoms with Crippen molar-refractivity contribution in [2.75, 3.05) is 31.1 Å². The molecule has 2 heterocycles. The maximum absolute atomic E-state index is 12.4. The van der Waals surface area contributed by atoms with Crippen molar-refractivity contribution in [3.05, 3.63) is 15.8 Å². The van der Waals surface area contributed by atoms with E-state index in [1.807, 2.05) is 4.90 Å². The van der Waals surface area contributed by atoms with Crippen LogP contribution in [0.3, 0.4) is 0 Å². The van der Waals surface area contributed by atoms with E-state index in [-0.39, 0.29) is 18.1 Å². The van der Waals surface area contributed by atoms with E-state index in [2.05, 4.69) is 5.10 Å². The highest BCUT2D eigenvalue weighted by Gasteiger charge is 2.34. The van der Waals surface area contributed by atoms with Crippen LogP contribution in [0.2, 0.25) is 0 Å². The molecule has 1 amide bonds. The number of hydrogen-bond acceptors (Lipinski definition) is 5. The van der Waals surface area contributed by atoms with Gasteiger partial charge in [-0.25, -0.2) is 4.68 Å². The number of carbonyl (C=O) groups is 1. The first-order chi connectivity index (χ1) is 11.0. The first-order valence-electron chi connectivity index (χ1n) is 8.18. The predicted octanol–water partition coefficient (Wildman–Crippen LogP) is 1.48. The Balaban J connectivity index is 1.73. The van der Waals surface area contributed by atoms with E-state index in [4.69, 9.17) is 0 Å². The summed E-state index contributed by atoms with van der Waals surface area (Å²) in [6.07, 6.45) is 4.94. The van der Waals surface area contributed by atoms with Crippen LogP contribution in [0.15, 0.2) is 0 Å². The van der Waals surface area contributed by atoms with Crippen LogP contribution in [0.1, 0.15) is 31.4 Å². The molecule has 126 valence electrons. The highest BCUT2D eigenvalue weighted by Crippen LogP contribution is 2.32. The van der Waals surface area contributed by atoms with E-state index in [1.165, 1.54) is 30.4 Å². The molecule has 8 nitrogen and oxygen atoms in total. The molecule has 1 aromatic rings. The van der Waals surface area contributed by atoms with Crippen LogP contribution in [0.5, 0.6) is 0 Å². The molecule has 2 aliphatic rings. The molecule has 3 rings (SSSR count). The molecular weight excluding hydrogens is 298 g/mol. The Morgan fingerprint density at radius 1 is 1.30 bits per heavy atom. The van der Waals surface area contributed by atoms with E-state index in [0.29, 0.717) is 30.5 Å². The zero-order chi connectivity index (χ0) is 16.6. The zero-order valence-corrected chi connectivity index (χ0v) is 13.7. The molecule has 0 unspecified atom stereocenters. The Kier molecular flexibility index (Phi) is 4.23. The monoisotopic (exact) mass is 321 g/mol. The summed E-state index contributed by atoms with van der Waals surface area (Å²) in [6, 6.07) is 0. The molecule has 0 spiro atoms. The number of nitro groups is 1. The number of carbonyl (C=O) groups excluding carboxylic acids is 1. The number of anilines is 1. The van der Waals surface area contributed by atoms with E-state index >= 15 is 0 Å². The third-order valence-electron chi connectivity index (χ3n) is 4.92. The second kappa shape index (κ2) is 6.17. The van der Waals surface area contributed by atoms with Gasteiger partial charge in [0, 0.05) is 26.7 Å². The predicted molar refractivity (Wildman–Crippen MR) is 85.4 cm³/mol. The Morgan fingerprint density at radius 3 is 2.61 bits per heavy atom. The van der Waals surface area contributed by atoms with Crippen molar-refractivity contribution < 1.29 is 9.72 Å². The molecule has 0 atom stereocenters. The minimum atomic E-state index is -0.410. The highest BCUT2D eigenvalue weighted by molar-refractivity contribution is 5.83. The van der Waals surface area contributed by atoms with Gasteiger partial charge in [-0.2, -0.15) is 5.10 Å². The van der Waals surface area contributed by atoms with Crippen LogP contribution in [-0.2, 0) is 11.8 Å². The summed E-state index contributed by atoms with van der Waals surface area (Å²) in [4.78, 5) is 27.0. The van der Waals surface area contributed by atoms with Gasteiger partial charge in [0.1, 0.15) is 5.69 Å². The lowest BCUT2D eigenvalue weighted by atomic mass is 10.1. The van der Waals surface area contributed by atoms with Crippen molar-refractivity contribution in [2.24, 2.45) is 13.0 Å². The Hall–Kier alpha value is -2.12. The second-order valence-corrected chi connectivity index (χ2v) is 6.55. The number of amides is 1. The molecule has 1 aromatic heterocycles. The molecule has 8 heteroatoms. The summed E-state index contributed by atoms with van der Waals surface area (Å²) < 4.78 is 1.51. The summed E-state index contributed by atoms with van der Waals surface area (Å²) in [5.74, 6) is 1.11. The first kappa shape index (κ1) is 15.8. The van der Waals surface area contributed by atoms with Gasteiger partial charge >= 0.3 is 5.69 Å². The van der Waals surface area contributed by atoms with Crippen LogP contribution in [0, 0.1) is 23.0 Å².